The number of hydrogen-bond acceptors (Lipinski definition) is 3. The Balaban J connectivity index is 1.66. The van der Waals surface area contributed by atoms with Crippen molar-refractivity contribution < 1.29 is 9.69 Å². The van der Waals surface area contributed by atoms with Gasteiger partial charge in [0.1, 0.15) is 11.1 Å². The lowest BCUT2D eigenvalue weighted by Crippen LogP contribution is -3.14. The van der Waals surface area contributed by atoms with Crippen molar-refractivity contribution in [2.24, 2.45) is 11.8 Å². The van der Waals surface area contributed by atoms with Crippen LogP contribution in [0.5, 0.6) is 0 Å². The molecule has 4 nitrogen and oxygen atoms in total. The highest BCUT2D eigenvalue weighted by Crippen LogP contribution is 2.39. The van der Waals surface area contributed by atoms with E-state index in [4.69, 9.17) is 0 Å². The molecule has 0 spiro atoms. The largest absolute Gasteiger partial charge is 0.327 e. The third-order valence-corrected chi connectivity index (χ3v) is 6.44. The zero-order valence-corrected chi connectivity index (χ0v) is 14.9. The molecule has 0 aromatic carbocycles. The maximum absolute atomic E-state index is 12.4. The lowest BCUT2D eigenvalue weighted by Gasteiger charge is -2.26. The van der Waals surface area contributed by atoms with Crippen LogP contribution in [-0.4, -0.2) is 25.5 Å². The molecule has 1 aromatic heterocycles. The van der Waals surface area contributed by atoms with Gasteiger partial charge in [-0.2, -0.15) is 5.26 Å². The van der Waals surface area contributed by atoms with Crippen LogP contribution in [0.3, 0.4) is 0 Å². The van der Waals surface area contributed by atoms with E-state index >= 15 is 0 Å². The van der Waals surface area contributed by atoms with E-state index in [0.717, 1.165) is 43.3 Å². The van der Waals surface area contributed by atoms with E-state index in [9.17, 15) is 10.1 Å². The van der Waals surface area contributed by atoms with Gasteiger partial charge in [0.25, 0.3) is 5.91 Å². The number of carbonyl (C=O) groups excluding carboxylic acids is 1. The molecule has 23 heavy (non-hydrogen) atoms. The van der Waals surface area contributed by atoms with Gasteiger partial charge in [-0.25, -0.2) is 0 Å². The molecule has 1 aromatic rings. The van der Waals surface area contributed by atoms with Crippen LogP contribution in [0.4, 0.5) is 5.00 Å². The van der Waals surface area contributed by atoms with Gasteiger partial charge in [-0.15, -0.1) is 11.3 Å². The van der Waals surface area contributed by atoms with E-state index in [0.29, 0.717) is 18.0 Å². The maximum atomic E-state index is 12.4. The van der Waals surface area contributed by atoms with Crippen LogP contribution >= 0.6 is 11.3 Å². The zero-order chi connectivity index (χ0) is 16.4. The lowest BCUT2D eigenvalue weighted by atomic mass is 9.89. The van der Waals surface area contributed by atoms with Crippen molar-refractivity contribution in [3.63, 3.8) is 0 Å². The summed E-state index contributed by atoms with van der Waals surface area (Å²) in [5, 5.41) is 13.3. The summed E-state index contributed by atoms with van der Waals surface area (Å²) in [5.74, 6) is 1.52. The second-order valence-electron chi connectivity index (χ2n) is 7.33. The molecule has 1 amide bonds. The Labute approximate surface area is 142 Å². The normalized spacial score (nSPS) is 27.1. The molecule has 1 atom stereocenters. The molecule has 3 rings (SSSR count). The average Bonchev–Trinajstić information content (AvgIpc) is 2.85. The standard InChI is InChI=1S/C18H25N3OS/c1-12-5-7-21(8-6-12)11-17(22)20-18-15(10-19)14-4-3-13(2)9-16(14)23-18/h12-13H,3-9,11H2,1-2H3,(H,20,22)/p+1/t13-/m0/s1. The van der Waals surface area contributed by atoms with Gasteiger partial charge in [-0.05, 0) is 49.5 Å². The summed E-state index contributed by atoms with van der Waals surface area (Å²) < 4.78 is 0. The fourth-order valence-corrected chi connectivity index (χ4v) is 5.08. The first kappa shape index (κ1) is 16.5. The van der Waals surface area contributed by atoms with E-state index in [1.165, 1.54) is 28.2 Å². The molecule has 1 aliphatic carbocycles. The number of hydrogen-bond donors (Lipinski definition) is 2. The summed E-state index contributed by atoms with van der Waals surface area (Å²) in [6, 6.07) is 2.32. The molecular formula is C18H26N3OS+. The number of thiophene rings is 1. The number of amides is 1. The Morgan fingerprint density at radius 2 is 2.04 bits per heavy atom. The monoisotopic (exact) mass is 332 g/mol. The molecule has 2 aliphatic rings. The van der Waals surface area contributed by atoms with E-state index in [1.807, 2.05) is 0 Å². The van der Waals surface area contributed by atoms with E-state index in [1.54, 1.807) is 11.3 Å². The first-order valence-corrected chi connectivity index (χ1v) is 9.56. The van der Waals surface area contributed by atoms with Crippen LogP contribution < -0.4 is 10.2 Å². The fourth-order valence-electron chi connectivity index (χ4n) is 3.70. The Bertz CT molecular complexity index is 623. The average molecular weight is 332 g/mol. The van der Waals surface area contributed by atoms with Crippen molar-refractivity contribution in [3.05, 3.63) is 16.0 Å². The molecule has 0 bridgehead atoms. The predicted molar refractivity (Wildman–Crippen MR) is 92.8 cm³/mol. The summed E-state index contributed by atoms with van der Waals surface area (Å²) in [7, 11) is 0. The van der Waals surface area contributed by atoms with E-state index < -0.39 is 0 Å². The highest BCUT2D eigenvalue weighted by molar-refractivity contribution is 7.16. The summed E-state index contributed by atoms with van der Waals surface area (Å²) >= 11 is 1.62. The number of fused-ring (bicyclic) bond motifs is 1. The summed E-state index contributed by atoms with van der Waals surface area (Å²) in [6.45, 7) is 7.23. The van der Waals surface area contributed by atoms with Crippen LogP contribution in [0.2, 0.25) is 0 Å². The van der Waals surface area contributed by atoms with E-state index in [2.05, 4.69) is 25.2 Å². The van der Waals surface area contributed by atoms with Crippen LogP contribution in [0, 0.1) is 23.2 Å². The molecule has 1 fully saturated rings. The van der Waals surface area contributed by atoms with Gasteiger partial charge in [-0.3, -0.25) is 4.79 Å². The zero-order valence-electron chi connectivity index (χ0n) is 14.1. The Morgan fingerprint density at radius 3 is 2.74 bits per heavy atom. The summed E-state index contributed by atoms with van der Waals surface area (Å²) in [5.41, 5.74) is 1.90. The Hall–Kier alpha value is -1.38. The molecule has 2 heterocycles. The minimum absolute atomic E-state index is 0.0534. The first-order valence-electron chi connectivity index (χ1n) is 8.74. The van der Waals surface area contributed by atoms with E-state index in [-0.39, 0.29) is 5.91 Å². The third kappa shape index (κ3) is 3.76. The number of carbonyl (C=O) groups is 1. The Kier molecular flexibility index (Phi) is 5.03. The highest BCUT2D eigenvalue weighted by Gasteiger charge is 2.26. The molecule has 0 saturated carbocycles. The molecule has 5 heteroatoms. The van der Waals surface area contributed by atoms with Gasteiger partial charge < -0.3 is 10.2 Å². The summed E-state index contributed by atoms with van der Waals surface area (Å²) in [4.78, 5) is 15.0. The molecular weight excluding hydrogens is 306 g/mol. The number of nitriles is 1. The van der Waals surface area contributed by atoms with Gasteiger partial charge in [-0.1, -0.05) is 13.8 Å². The number of rotatable bonds is 3. The lowest BCUT2D eigenvalue weighted by molar-refractivity contribution is -0.897. The molecule has 0 unspecified atom stereocenters. The number of piperidine rings is 1. The maximum Gasteiger partial charge on any atom is 0.280 e. The quantitative estimate of drug-likeness (QED) is 0.889. The molecule has 0 radical (unpaired) electrons. The first-order chi connectivity index (χ1) is 11.1. The van der Waals surface area contributed by atoms with Gasteiger partial charge in [0, 0.05) is 4.88 Å². The van der Waals surface area contributed by atoms with Gasteiger partial charge in [0.2, 0.25) is 0 Å². The van der Waals surface area contributed by atoms with Crippen LogP contribution in [0.1, 0.15) is 49.1 Å². The highest BCUT2D eigenvalue weighted by atomic mass is 32.1. The smallest absolute Gasteiger partial charge is 0.280 e. The second-order valence-corrected chi connectivity index (χ2v) is 8.43. The molecule has 1 aliphatic heterocycles. The fraction of sp³-hybridized carbons (Fsp3) is 0.667. The number of quaternary nitrogens is 1. The number of likely N-dealkylation sites (tertiary alicyclic amines) is 1. The summed E-state index contributed by atoms with van der Waals surface area (Å²) in [6.07, 6.45) is 5.57. The van der Waals surface area contributed by atoms with Crippen molar-refractivity contribution in [1.29, 1.82) is 5.26 Å². The van der Waals surface area contributed by atoms with Crippen molar-refractivity contribution in [2.75, 3.05) is 25.0 Å². The van der Waals surface area contributed by atoms with Crippen LogP contribution in [0.15, 0.2) is 0 Å². The predicted octanol–water partition coefficient (Wildman–Crippen LogP) is 2.00. The number of anilines is 1. The van der Waals surface area contributed by atoms with Crippen LogP contribution in [-0.2, 0) is 17.6 Å². The van der Waals surface area contributed by atoms with Gasteiger partial charge >= 0.3 is 0 Å². The number of nitrogens with zero attached hydrogens (tertiary/aromatic N) is 1. The molecule has 2 N–H and O–H groups in total. The van der Waals surface area contributed by atoms with Crippen molar-refractivity contribution >= 4 is 22.2 Å². The third-order valence-electron chi connectivity index (χ3n) is 5.27. The number of nitrogens with one attached hydrogen (secondary N) is 2. The molecule has 124 valence electrons. The minimum Gasteiger partial charge on any atom is -0.327 e. The van der Waals surface area contributed by atoms with Gasteiger partial charge in [0.15, 0.2) is 6.54 Å². The SMILES string of the molecule is CC1CC[NH+](CC(=O)Nc2sc3c(c2C#N)CC[C@H](C)C3)CC1. The topological polar surface area (TPSA) is 57.3 Å². The molecule has 1 saturated heterocycles. The van der Waals surface area contributed by atoms with Crippen molar-refractivity contribution in [1.82, 2.24) is 0 Å². The van der Waals surface area contributed by atoms with Crippen molar-refractivity contribution in [3.8, 4) is 6.07 Å². The second kappa shape index (κ2) is 7.02. The Morgan fingerprint density at radius 1 is 1.30 bits per heavy atom. The van der Waals surface area contributed by atoms with Gasteiger partial charge in [0.05, 0.1) is 18.7 Å². The minimum atomic E-state index is 0.0534. The van der Waals surface area contributed by atoms with Crippen molar-refractivity contribution in [2.45, 2.75) is 46.0 Å². The van der Waals surface area contributed by atoms with Crippen LogP contribution in [0.25, 0.3) is 0 Å².